The molecule has 0 saturated heterocycles. The highest BCUT2D eigenvalue weighted by molar-refractivity contribution is 7.36. The number of hydrogen-bond acceptors (Lipinski definition) is 3. The lowest BCUT2D eigenvalue weighted by Gasteiger charge is -2.27. The quantitative estimate of drug-likeness (QED) is 0.425. The molecule has 0 radical (unpaired) electrons. The van der Waals surface area contributed by atoms with E-state index in [-0.39, 0.29) is 6.61 Å². The number of rotatable bonds is 2. The van der Waals surface area contributed by atoms with Gasteiger partial charge in [-0.2, -0.15) is 8.60 Å². The van der Waals surface area contributed by atoms with Crippen molar-refractivity contribution in [2.24, 2.45) is 0 Å². The Labute approximate surface area is 37.6 Å². The Hall–Kier alpha value is 0.310. The summed E-state index contributed by atoms with van der Waals surface area (Å²) >= 11 is 0. The molecular formula is C2H5O3P-2. The third kappa shape index (κ3) is 4.31. The van der Waals surface area contributed by atoms with E-state index in [2.05, 4.69) is 4.52 Å². The smallest absolute Gasteiger partial charge is 0.0447 e. The maximum absolute atomic E-state index is 9.41. The van der Waals surface area contributed by atoms with Gasteiger partial charge in [-0.05, 0) is 6.92 Å². The molecule has 0 bridgehead atoms. The molecule has 3 nitrogen and oxygen atoms in total. The predicted octanol–water partition coefficient (Wildman–Crippen LogP) is -1.03. The predicted molar refractivity (Wildman–Crippen MR) is 18.5 cm³/mol. The van der Waals surface area contributed by atoms with Crippen LogP contribution in [-0.2, 0) is 4.52 Å². The van der Waals surface area contributed by atoms with E-state index in [9.17, 15) is 9.79 Å². The monoisotopic (exact) mass is 108 g/mol. The summed E-state index contributed by atoms with van der Waals surface area (Å²) in [5, 5.41) is 0. The van der Waals surface area contributed by atoms with Crippen LogP contribution in [0.15, 0.2) is 0 Å². The summed E-state index contributed by atoms with van der Waals surface area (Å²) in [6.07, 6.45) is 0. The lowest BCUT2D eigenvalue weighted by Crippen LogP contribution is -2.09. The van der Waals surface area contributed by atoms with E-state index in [4.69, 9.17) is 0 Å². The summed E-state index contributed by atoms with van der Waals surface area (Å²) in [6, 6.07) is 0. The second kappa shape index (κ2) is 3.50. The molecule has 0 aliphatic rings. The molecule has 0 saturated carbocycles. The molecule has 0 N–H and O–H groups in total. The first kappa shape index (κ1) is 6.31. The number of hydrogen-bond donors (Lipinski definition) is 0. The molecule has 0 aromatic carbocycles. The second-order valence-electron chi connectivity index (χ2n) is 0.641. The van der Waals surface area contributed by atoms with Gasteiger partial charge in [-0.15, -0.1) is 0 Å². The molecule has 0 heterocycles. The Bertz CT molecular complexity index is 30.0. The minimum Gasteiger partial charge on any atom is -0.820 e. The van der Waals surface area contributed by atoms with Crippen LogP contribution in [0.25, 0.3) is 0 Å². The van der Waals surface area contributed by atoms with Crippen LogP contribution in [0.3, 0.4) is 0 Å². The summed E-state index contributed by atoms with van der Waals surface area (Å²) in [5.74, 6) is 0. The molecule has 0 unspecified atom stereocenters. The van der Waals surface area contributed by atoms with Gasteiger partial charge in [-0.1, -0.05) is 0 Å². The fraction of sp³-hybridized carbons (Fsp3) is 1.00. The normalized spacial score (nSPS) is 10.0. The van der Waals surface area contributed by atoms with Crippen molar-refractivity contribution in [3.8, 4) is 0 Å². The van der Waals surface area contributed by atoms with Crippen molar-refractivity contribution in [2.75, 3.05) is 6.61 Å². The van der Waals surface area contributed by atoms with Crippen molar-refractivity contribution in [1.82, 2.24) is 0 Å². The van der Waals surface area contributed by atoms with E-state index in [1.807, 2.05) is 0 Å². The van der Waals surface area contributed by atoms with E-state index in [1.165, 1.54) is 0 Å². The second-order valence-corrected chi connectivity index (χ2v) is 1.35. The zero-order chi connectivity index (χ0) is 4.99. The Balaban J connectivity index is 2.63. The van der Waals surface area contributed by atoms with Gasteiger partial charge in [-0.3, -0.25) is 0 Å². The molecule has 38 valence electrons. The van der Waals surface area contributed by atoms with Crippen molar-refractivity contribution < 1.29 is 14.3 Å². The van der Waals surface area contributed by atoms with E-state index in [1.54, 1.807) is 6.92 Å². The molecule has 0 atom stereocenters. The van der Waals surface area contributed by atoms with Crippen LogP contribution in [0.1, 0.15) is 6.92 Å². The van der Waals surface area contributed by atoms with Crippen LogP contribution in [0.5, 0.6) is 0 Å². The zero-order valence-corrected chi connectivity index (χ0v) is 4.27. The Morgan fingerprint density at radius 2 is 2.17 bits per heavy atom. The summed E-state index contributed by atoms with van der Waals surface area (Å²) in [4.78, 5) is 18.8. The average molecular weight is 108 g/mol. The van der Waals surface area contributed by atoms with Gasteiger partial charge in [0.15, 0.2) is 0 Å². The van der Waals surface area contributed by atoms with Gasteiger partial charge in [0.05, 0.1) is 0 Å². The maximum Gasteiger partial charge on any atom is 0.0447 e. The van der Waals surface area contributed by atoms with E-state index >= 15 is 0 Å². The fourth-order valence-electron chi connectivity index (χ4n) is 0.105. The van der Waals surface area contributed by atoms with Crippen LogP contribution in [0, 0.1) is 0 Å². The van der Waals surface area contributed by atoms with Gasteiger partial charge < -0.3 is 14.3 Å². The lowest BCUT2D eigenvalue weighted by molar-refractivity contribution is -0.317. The maximum atomic E-state index is 9.41. The molecule has 0 rings (SSSR count). The van der Waals surface area contributed by atoms with Gasteiger partial charge >= 0.3 is 0 Å². The van der Waals surface area contributed by atoms with Crippen LogP contribution in [0.4, 0.5) is 0 Å². The molecule has 4 heteroatoms. The highest BCUT2D eigenvalue weighted by atomic mass is 31.2. The van der Waals surface area contributed by atoms with Crippen LogP contribution >= 0.6 is 8.60 Å². The summed E-state index contributed by atoms with van der Waals surface area (Å²) in [7, 11) is -2.60. The van der Waals surface area contributed by atoms with Gasteiger partial charge in [0.25, 0.3) is 0 Å². The molecule has 0 fully saturated rings. The molecule has 0 aromatic rings. The molecule has 0 aromatic heterocycles. The van der Waals surface area contributed by atoms with Crippen LogP contribution in [-0.4, -0.2) is 6.61 Å². The van der Waals surface area contributed by atoms with Gasteiger partial charge in [0.2, 0.25) is 0 Å². The highest BCUT2D eigenvalue weighted by Crippen LogP contribution is 2.10. The lowest BCUT2D eigenvalue weighted by atomic mass is 10.9. The first-order chi connectivity index (χ1) is 2.77. The minimum atomic E-state index is -2.60. The van der Waals surface area contributed by atoms with Crippen molar-refractivity contribution in [1.29, 1.82) is 0 Å². The third-order valence-electron chi connectivity index (χ3n) is 0.235. The SMILES string of the molecule is CCOP([O-])[O-]. The Morgan fingerprint density at radius 3 is 2.17 bits per heavy atom. The Morgan fingerprint density at radius 1 is 1.67 bits per heavy atom. The van der Waals surface area contributed by atoms with Crippen LogP contribution < -0.4 is 9.79 Å². The standard InChI is InChI=1S/C2H5O3P/c1-2-5-6(3)4/h2H2,1H3/q-2. The summed E-state index contributed by atoms with van der Waals surface area (Å²) in [5.41, 5.74) is 0. The molecular weight excluding hydrogens is 103 g/mol. The van der Waals surface area contributed by atoms with Crippen molar-refractivity contribution in [3.05, 3.63) is 0 Å². The third-order valence-corrected chi connectivity index (χ3v) is 0.704. The largest absolute Gasteiger partial charge is 0.820 e. The van der Waals surface area contributed by atoms with Crippen LogP contribution in [0.2, 0.25) is 0 Å². The topological polar surface area (TPSA) is 55.3 Å². The Kier molecular flexibility index (Phi) is 3.68. The van der Waals surface area contributed by atoms with E-state index in [0.717, 1.165) is 0 Å². The van der Waals surface area contributed by atoms with Crippen molar-refractivity contribution in [3.63, 3.8) is 0 Å². The molecule has 0 aliphatic heterocycles. The molecule has 0 amide bonds. The molecule has 6 heavy (non-hydrogen) atoms. The first-order valence-electron chi connectivity index (χ1n) is 1.54. The van der Waals surface area contributed by atoms with E-state index < -0.39 is 8.60 Å². The van der Waals surface area contributed by atoms with Gasteiger partial charge in [0, 0.05) is 6.61 Å². The highest BCUT2D eigenvalue weighted by Gasteiger charge is 1.64. The average Bonchev–Trinajstić information content (AvgIpc) is 1.35. The van der Waals surface area contributed by atoms with Gasteiger partial charge in [0.1, 0.15) is 0 Å². The fourth-order valence-corrected chi connectivity index (χ4v) is 0.316. The summed E-state index contributed by atoms with van der Waals surface area (Å²) in [6.45, 7) is 1.85. The van der Waals surface area contributed by atoms with Crippen molar-refractivity contribution in [2.45, 2.75) is 6.92 Å². The molecule has 0 aliphatic carbocycles. The zero-order valence-electron chi connectivity index (χ0n) is 3.38. The summed E-state index contributed by atoms with van der Waals surface area (Å²) < 4.78 is 4.00. The first-order valence-corrected chi connectivity index (χ1v) is 2.64. The molecule has 0 spiro atoms. The minimum absolute atomic E-state index is 0.235. The van der Waals surface area contributed by atoms with E-state index in [0.29, 0.717) is 0 Å². The van der Waals surface area contributed by atoms with Gasteiger partial charge in [-0.25, -0.2) is 0 Å². The van der Waals surface area contributed by atoms with Crippen molar-refractivity contribution >= 4 is 8.60 Å².